The van der Waals surface area contributed by atoms with E-state index in [9.17, 15) is 4.39 Å². The van der Waals surface area contributed by atoms with E-state index in [-0.39, 0.29) is 26.9 Å². The standard InChI is InChI=1S/C28H16FN3O.Pt/c29-24-10-6-16-31-28(24)33-21-8-5-7-19(17-21)20-13-14-23-22-9-1-2-11-25(22)32(26(23)18-20)27-12-3-4-15-30-27;/h1-16H;/q-2;+2. The Hall–Kier alpha value is -3.82. The van der Waals surface area contributed by atoms with Gasteiger partial charge >= 0.3 is 21.1 Å². The van der Waals surface area contributed by atoms with Gasteiger partial charge in [0.05, 0.1) is 0 Å². The normalized spacial score (nSPS) is 10.9. The van der Waals surface area contributed by atoms with Gasteiger partial charge in [0.2, 0.25) is 0 Å². The molecule has 0 N–H and O–H groups in total. The zero-order chi connectivity index (χ0) is 22.2. The van der Waals surface area contributed by atoms with Crippen LogP contribution in [0.25, 0.3) is 38.8 Å². The molecule has 0 saturated heterocycles. The molecular weight excluding hydrogens is 608 g/mol. The van der Waals surface area contributed by atoms with Gasteiger partial charge in [-0.2, -0.15) is 24.3 Å². The van der Waals surface area contributed by atoms with E-state index in [2.05, 4.69) is 44.9 Å². The number of pyridine rings is 2. The number of benzene rings is 3. The van der Waals surface area contributed by atoms with E-state index in [1.807, 2.05) is 48.5 Å². The van der Waals surface area contributed by atoms with Crippen molar-refractivity contribution in [1.82, 2.24) is 14.5 Å². The van der Waals surface area contributed by atoms with Crippen molar-refractivity contribution in [2.75, 3.05) is 0 Å². The number of halogens is 1. The zero-order valence-electron chi connectivity index (χ0n) is 17.7. The van der Waals surface area contributed by atoms with Gasteiger partial charge in [0.15, 0.2) is 5.82 Å². The molecule has 6 rings (SSSR count). The second-order valence-corrected chi connectivity index (χ2v) is 7.50. The summed E-state index contributed by atoms with van der Waals surface area (Å²) >= 11 is 0. The average Bonchev–Trinajstić information content (AvgIpc) is 3.20. The maximum atomic E-state index is 14.0. The molecule has 0 radical (unpaired) electrons. The van der Waals surface area contributed by atoms with Crippen LogP contribution in [0.4, 0.5) is 4.39 Å². The summed E-state index contributed by atoms with van der Waals surface area (Å²) in [7, 11) is 0. The first-order chi connectivity index (χ1) is 16.3. The topological polar surface area (TPSA) is 39.9 Å². The Bertz CT molecular complexity index is 1620. The first-order valence-corrected chi connectivity index (χ1v) is 10.5. The maximum absolute atomic E-state index is 14.0. The number of fused-ring (bicyclic) bond motifs is 3. The molecule has 0 aliphatic rings. The number of para-hydroxylation sites is 1. The van der Waals surface area contributed by atoms with Crippen molar-refractivity contribution in [2.24, 2.45) is 0 Å². The molecule has 0 spiro atoms. The van der Waals surface area contributed by atoms with E-state index in [0.29, 0.717) is 5.75 Å². The molecule has 3 aromatic heterocycles. The van der Waals surface area contributed by atoms with Crippen molar-refractivity contribution in [3.8, 4) is 28.6 Å². The Morgan fingerprint density at radius 3 is 2.38 bits per heavy atom. The van der Waals surface area contributed by atoms with E-state index in [4.69, 9.17) is 4.74 Å². The molecule has 0 unspecified atom stereocenters. The van der Waals surface area contributed by atoms with Crippen LogP contribution < -0.4 is 4.74 Å². The van der Waals surface area contributed by atoms with Gasteiger partial charge in [-0.3, -0.25) is 0 Å². The SMILES string of the molecule is Fc1cccnc1Oc1[c-]c(-c2[c-]c3c(cc2)c2ccccc2n3-c2ccccn2)ccc1.[Pt+2]. The summed E-state index contributed by atoms with van der Waals surface area (Å²) in [6.07, 6.45) is 3.27. The molecule has 166 valence electrons. The van der Waals surface area contributed by atoms with Gasteiger partial charge in [-0.15, -0.1) is 18.2 Å². The van der Waals surface area contributed by atoms with E-state index >= 15 is 0 Å². The Kier molecular flexibility index (Phi) is 5.95. The maximum Gasteiger partial charge on any atom is 2.00 e. The molecule has 3 heterocycles. The van der Waals surface area contributed by atoms with Crippen molar-refractivity contribution in [1.29, 1.82) is 0 Å². The summed E-state index contributed by atoms with van der Waals surface area (Å²) in [5, 5.41) is 2.22. The third kappa shape index (κ3) is 3.89. The van der Waals surface area contributed by atoms with Crippen molar-refractivity contribution in [2.45, 2.75) is 0 Å². The second kappa shape index (κ2) is 9.20. The number of nitrogens with zero attached hydrogens (tertiary/aromatic N) is 3. The zero-order valence-corrected chi connectivity index (χ0v) is 20.0. The quantitative estimate of drug-likeness (QED) is 0.204. The van der Waals surface area contributed by atoms with Crippen molar-refractivity contribution in [3.05, 3.63) is 115 Å². The molecule has 0 bridgehead atoms. The molecule has 0 amide bonds. The molecule has 3 aromatic carbocycles. The van der Waals surface area contributed by atoms with Gasteiger partial charge in [-0.1, -0.05) is 29.7 Å². The molecule has 6 heteroatoms. The molecule has 0 saturated carbocycles. The van der Waals surface area contributed by atoms with Crippen LogP contribution in [0.5, 0.6) is 11.6 Å². The molecule has 0 aliphatic carbocycles. The van der Waals surface area contributed by atoms with Gasteiger partial charge in [0.1, 0.15) is 5.82 Å². The third-order valence-corrected chi connectivity index (χ3v) is 5.45. The van der Waals surface area contributed by atoms with Gasteiger partial charge in [0, 0.05) is 23.7 Å². The Morgan fingerprint density at radius 1 is 0.706 bits per heavy atom. The van der Waals surface area contributed by atoms with Gasteiger partial charge in [-0.25, -0.2) is 25.5 Å². The Labute approximate surface area is 209 Å². The third-order valence-electron chi connectivity index (χ3n) is 5.45. The first kappa shape index (κ1) is 22.0. The van der Waals surface area contributed by atoms with E-state index < -0.39 is 5.82 Å². The molecule has 6 aromatic rings. The fourth-order valence-corrected chi connectivity index (χ4v) is 3.99. The van der Waals surface area contributed by atoms with Crippen molar-refractivity contribution < 1.29 is 30.2 Å². The smallest absolute Gasteiger partial charge is 0.458 e. The minimum Gasteiger partial charge on any atom is -0.458 e. The average molecular weight is 625 g/mol. The molecule has 0 atom stereocenters. The first-order valence-electron chi connectivity index (χ1n) is 10.5. The summed E-state index contributed by atoms with van der Waals surface area (Å²) in [5.41, 5.74) is 3.60. The summed E-state index contributed by atoms with van der Waals surface area (Å²) in [6.45, 7) is 0. The summed E-state index contributed by atoms with van der Waals surface area (Å²) < 4.78 is 21.7. The predicted molar refractivity (Wildman–Crippen MR) is 126 cm³/mol. The molecule has 0 aliphatic heterocycles. The molecule has 0 fully saturated rings. The van der Waals surface area contributed by atoms with E-state index in [1.165, 1.54) is 18.3 Å². The van der Waals surface area contributed by atoms with Crippen LogP contribution in [0.2, 0.25) is 0 Å². The fourth-order valence-electron chi connectivity index (χ4n) is 3.99. The van der Waals surface area contributed by atoms with Crippen LogP contribution in [0, 0.1) is 17.9 Å². The van der Waals surface area contributed by atoms with Gasteiger partial charge in [-0.05, 0) is 41.2 Å². The van der Waals surface area contributed by atoms with E-state index in [0.717, 1.165) is 38.8 Å². The number of ether oxygens (including phenoxy) is 1. The Morgan fingerprint density at radius 2 is 1.53 bits per heavy atom. The number of aromatic nitrogens is 3. The molecular formula is C28H16FN3OPt. The molecule has 34 heavy (non-hydrogen) atoms. The minimum atomic E-state index is -0.524. The largest absolute Gasteiger partial charge is 2.00 e. The van der Waals surface area contributed by atoms with Crippen LogP contribution in [-0.2, 0) is 21.1 Å². The minimum absolute atomic E-state index is 0. The van der Waals surface area contributed by atoms with Gasteiger partial charge < -0.3 is 9.30 Å². The van der Waals surface area contributed by atoms with Crippen molar-refractivity contribution >= 4 is 21.8 Å². The van der Waals surface area contributed by atoms with Crippen LogP contribution in [0.1, 0.15) is 0 Å². The van der Waals surface area contributed by atoms with Crippen molar-refractivity contribution in [3.63, 3.8) is 0 Å². The van der Waals surface area contributed by atoms with E-state index in [1.54, 1.807) is 12.3 Å². The summed E-state index contributed by atoms with van der Waals surface area (Å²) in [6, 6.07) is 33.3. The van der Waals surface area contributed by atoms with Crippen LogP contribution in [0.15, 0.2) is 97.3 Å². The van der Waals surface area contributed by atoms with Crippen LogP contribution in [0.3, 0.4) is 0 Å². The Balaban J connectivity index is 0.00000241. The fraction of sp³-hybridized carbons (Fsp3) is 0. The predicted octanol–water partition coefficient (Wildman–Crippen LogP) is 6.77. The van der Waals surface area contributed by atoms with Crippen LogP contribution >= 0.6 is 0 Å². The second-order valence-electron chi connectivity index (χ2n) is 7.50. The van der Waals surface area contributed by atoms with Crippen LogP contribution in [-0.4, -0.2) is 14.5 Å². The number of hydrogen-bond acceptors (Lipinski definition) is 3. The summed E-state index contributed by atoms with van der Waals surface area (Å²) in [4.78, 5) is 8.52. The number of hydrogen-bond donors (Lipinski definition) is 0. The number of rotatable bonds is 4. The molecule has 4 nitrogen and oxygen atoms in total. The van der Waals surface area contributed by atoms with Gasteiger partial charge in [0.25, 0.3) is 5.88 Å². The monoisotopic (exact) mass is 624 g/mol. The summed E-state index contributed by atoms with van der Waals surface area (Å²) in [5.74, 6) is 0.595.